The lowest BCUT2D eigenvalue weighted by atomic mass is 10.3. The lowest BCUT2D eigenvalue weighted by Crippen LogP contribution is -2.14. The Morgan fingerprint density at radius 1 is 1.40 bits per heavy atom. The van der Waals surface area contributed by atoms with Crippen molar-refractivity contribution in [2.75, 3.05) is 13.2 Å². The molecule has 3 nitrogen and oxygen atoms in total. The van der Waals surface area contributed by atoms with Gasteiger partial charge in [-0.2, -0.15) is 0 Å². The zero-order valence-corrected chi connectivity index (χ0v) is 10.0. The third kappa shape index (κ3) is 8.18. The molecule has 0 aromatic carbocycles. The van der Waals surface area contributed by atoms with Gasteiger partial charge in [0.05, 0.1) is 12.7 Å². The van der Waals surface area contributed by atoms with Gasteiger partial charge in [0.2, 0.25) is 0 Å². The molecule has 0 bridgehead atoms. The summed E-state index contributed by atoms with van der Waals surface area (Å²) in [5, 5.41) is 0. The Labute approximate surface area is 92.5 Å². The molecule has 3 heteroatoms. The van der Waals surface area contributed by atoms with E-state index >= 15 is 0 Å². The largest absolute Gasteiger partial charge is 0.462 e. The second-order valence-electron chi connectivity index (χ2n) is 3.74. The van der Waals surface area contributed by atoms with Crippen molar-refractivity contribution in [1.29, 1.82) is 0 Å². The zero-order chi connectivity index (χ0) is 11.7. The number of rotatable bonds is 8. The third-order valence-corrected chi connectivity index (χ3v) is 2.01. The monoisotopic (exact) mass is 214 g/mol. The Hall–Kier alpha value is -0.830. The van der Waals surface area contributed by atoms with E-state index in [2.05, 4.69) is 13.5 Å². The van der Waals surface area contributed by atoms with E-state index in [1.165, 1.54) is 0 Å². The quantitative estimate of drug-likeness (QED) is 0.354. The van der Waals surface area contributed by atoms with Gasteiger partial charge in [0.1, 0.15) is 0 Å². The molecule has 0 rings (SSSR count). The zero-order valence-electron chi connectivity index (χ0n) is 10.0. The van der Waals surface area contributed by atoms with Crippen molar-refractivity contribution in [1.82, 2.24) is 0 Å². The minimum atomic E-state index is -0.323. The fourth-order valence-corrected chi connectivity index (χ4v) is 0.953. The molecule has 15 heavy (non-hydrogen) atoms. The van der Waals surface area contributed by atoms with Gasteiger partial charge < -0.3 is 9.47 Å². The first-order chi connectivity index (χ1) is 7.07. The van der Waals surface area contributed by atoms with Gasteiger partial charge in [-0.05, 0) is 20.3 Å². The second kappa shape index (κ2) is 8.48. The summed E-state index contributed by atoms with van der Waals surface area (Å²) in [7, 11) is 0. The molecule has 0 aromatic rings. The predicted molar refractivity (Wildman–Crippen MR) is 60.7 cm³/mol. The molecule has 0 aliphatic heterocycles. The highest BCUT2D eigenvalue weighted by atomic mass is 16.5. The summed E-state index contributed by atoms with van der Waals surface area (Å²) in [5.74, 6) is -0.323. The first kappa shape index (κ1) is 14.2. The summed E-state index contributed by atoms with van der Waals surface area (Å²) in [6.45, 7) is 10.5. The summed E-state index contributed by atoms with van der Waals surface area (Å²) >= 11 is 0. The van der Waals surface area contributed by atoms with E-state index in [9.17, 15) is 4.79 Å². The van der Waals surface area contributed by atoms with E-state index in [0.29, 0.717) is 12.2 Å². The molecule has 0 heterocycles. The third-order valence-electron chi connectivity index (χ3n) is 2.01. The fraction of sp³-hybridized carbons (Fsp3) is 0.750. The second-order valence-corrected chi connectivity index (χ2v) is 3.74. The van der Waals surface area contributed by atoms with Gasteiger partial charge in [-0.25, -0.2) is 4.79 Å². The van der Waals surface area contributed by atoms with E-state index in [4.69, 9.17) is 9.47 Å². The first-order valence-corrected chi connectivity index (χ1v) is 5.52. The number of carbonyl (C=O) groups is 1. The molecule has 0 aliphatic rings. The molecule has 1 atom stereocenters. The van der Waals surface area contributed by atoms with Gasteiger partial charge in [-0.15, -0.1) is 0 Å². The Morgan fingerprint density at radius 2 is 2.07 bits per heavy atom. The predicted octanol–water partition coefficient (Wildman–Crippen LogP) is 2.70. The summed E-state index contributed by atoms with van der Waals surface area (Å²) in [4.78, 5) is 11.0. The van der Waals surface area contributed by atoms with Crippen LogP contribution < -0.4 is 0 Å². The molecule has 0 spiro atoms. The standard InChI is InChI=1S/C12H22O3/c1-5-6-8-14-11(4)7-9-15-12(13)10(2)3/h11H,2,5-9H2,1,3-4H3. The van der Waals surface area contributed by atoms with Crippen LogP contribution in [0.4, 0.5) is 0 Å². The van der Waals surface area contributed by atoms with Crippen LogP contribution >= 0.6 is 0 Å². The van der Waals surface area contributed by atoms with Crippen LogP contribution in [0.2, 0.25) is 0 Å². The van der Waals surface area contributed by atoms with Crippen LogP contribution in [-0.2, 0) is 14.3 Å². The summed E-state index contributed by atoms with van der Waals surface area (Å²) in [6.07, 6.45) is 3.10. The minimum Gasteiger partial charge on any atom is -0.462 e. The van der Waals surface area contributed by atoms with Crippen molar-refractivity contribution in [3.63, 3.8) is 0 Å². The minimum absolute atomic E-state index is 0.148. The maximum atomic E-state index is 11.0. The summed E-state index contributed by atoms with van der Waals surface area (Å²) in [6, 6.07) is 0. The fourth-order valence-electron chi connectivity index (χ4n) is 0.953. The van der Waals surface area contributed by atoms with Crippen LogP contribution in [0.3, 0.4) is 0 Å². The molecule has 0 amide bonds. The Morgan fingerprint density at radius 3 is 2.60 bits per heavy atom. The molecule has 0 radical (unpaired) electrons. The molecule has 0 saturated carbocycles. The number of hydrogen-bond donors (Lipinski definition) is 0. The Kier molecular flexibility index (Phi) is 8.01. The van der Waals surface area contributed by atoms with Gasteiger partial charge in [0.25, 0.3) is 0 Å². The van der Waals surface area contributed by atoms with Crippen LogP contribution in [0.5, 0.6) is 0 Å². The smallest absolute Gasteiger partial charge is 0.333 e. The highest BCUT2D eigenvalue weighted by molar-refractivity contribution is 5.86. The number of esters is 1. The Balaban J connectivity index is 3.42. The average Bonchev–Trinajstić information content (AvgIpc) is 2.18. The van der Waals surface area contributed by atoms with Crippen molar-refractivity contribution >= 4 is 5.97 Å². The normalized spacial score (nSPS) is 12.2. The molecule has 1 unspecified atom stereocenters. The summed E-state index contributed by atoms with van der Waals surface area (Å²) < 4.78 is 10.5. The average molecular weight is 214 g/mol. The maximum absolute atomic E-state index is 11.0. The molecule has 0 N–H and O–H groups in total. The molecule has 88 valence electrons. The molecular weight excluding hydrogens is 192 g/mol. The van der Waals surface area contributed by atoms with Gasteiger partial charge in [-0.1, -0.05) is 19.9 Å². The number of unbranched alkanes of at least 4 members (excludes halogenated alkanes) is 1. The molecular formula is C12H22O3. The number of carbonyl (C=O) groups excluding carboxylic acids is 1. The maximum Gasteiger partial charge on any atom is 0.333 e. The van der Waals surface area contributed by atoms with Crippen molar-refractivity contribution in [3.05, 3.63) is 12.2 Å². The van der Waals surface area contributed by atoms with E-state index in [-0.39, 0.29) is 12.1 Å². The summed E-state index contributed by atoms with van der Waals surface area (Å²) in [5.41, 5.74) is 0.439. The van der Waals surface area contributed by atoms with Crippen LogP contribution in [0.25, 0.3) is 0 Å². The highest BCUT2D eigenvalue weighted by Gasteiger charge is 2.05. The number of ether oxygens (including phenoxy) is 2. The molecule has 0 saturated heterocycles. The van der Waals surface area contributed by atoms with Crippen molar-refractivity contribution in [2.24, 2.45) is 0 Å². The Bertz CT molecular complexity index is 199. The van der Waals surface area contributed by atoms with Crippen LogP contribution in [0.15, 0.2) is 12.2 Å². The SMILES string of the molecule is C=C(C)C(=O)OCCC(C)OCCCC. The van der Waals surface area contributed by atoms with Gasteiger partial charge in [0.15, 0.2) is 0 Å². The van der Waals surface area contributed by atoms with Gasteiger partial charge in [0, 0.05) is 18.6 Å². The van der Waals surface area contributed by atoms with E-state index in [1.807, 2.05) is 6.92 Å². The topological polar surface area (TPSA) is 35.5 Å². The van der Waals surface area contributed by atoms with E-state index in [1.54, 1.807) is 6.92 Å². The van der Waals surface area contributed by atoms with Gasteiger partial charge in [-0.3, -0.25) is 0 Å². The van der Waals surface area contributed by atoms with Crippen molar-refractivity contribution in [2.45, 2.75) is 46.1 Å². The number of hydrogen-bond acceptors (Lipinski definition) is 3. The lowest BCUT2D eigenvalue weighted by Gasteiger charge is -2.12. The van der Waals surface area contributed by atoms with Crippen molar-refractivity contribution < 1.29 is 14.3 Å². The lowest BCUT2D eigenvalue weighted by molar-refractivity contribution is -0.139. The van der Waals surface area contributed by atoms with Crippen LogP contribution in [-0.4, -0.2) is 25.3 Å². The molecule has 0 fully saturated rings. The molecule has 0 aliphatic carbocycles. The van der Waals surface area contributed by atoms with E-state index < -0.39 is 0 Å². The van der Waals surface area contributed by atoms with Gasteiger partial charge >= 0.3 is 5.97 Å². The first-order valence-electron chi connectivity index (χ1n) is 5.52. The van der Waals surface area contributed by atoms with Crippen molar-refractivity contribution in [3.8, 4) is 0 Å². The van der Waals surface area contributed by atoms with Crippen LogP contribution in [0.1, 0.15) is 40.0 Å². The van der Waals surface area contributed by atoms with Crippen LogP contribution in [0, 0.1) is 0 Å². The van der Waals surface area contributed by atoms with E-state index in [0.717, 1.165) is 25.9 Å². The highest BCUT2D eigenvalue weighted by Crippen LogP contribution is 2.01. The molecule has 0 aromatic heterocycles.